The van der Waals surface area contributed by atoms with E-state index in [0.29, 0.717) is 24.3 Å². The molecule has 7 nitrogen and oxygen atoms in total. The zero-order valence-corrected chi connectivity index (χ0v) is 13.8. The third-order valence-corrected chi connectivity index (χ3v) is 4.97. The first kappa shape index (κ1) is 16.5. The number of piperidine rings is 1. The Bertz CT molecular complexity index is 703. The minimum Gasteiger partial charge on any atom is -0.480 e. The molecule has 2 heterocycles. The fraction of sp³-hybridized carbons (Fsp3) is 0.375. The van der Waals surface area contributed by atoms with Crippen molar-refractivity contribution in [1.29, 1.82) is 0 Å². The number of carbonyl (C=O) groups excluding carboxylic acids is 1. The van der Waals surface area contributed by atoms with E-state index in [9.17, 15) is 14.7 Å². The average molecular weight is 346 g/mol. The van der Waals surface area contributed by atoms with E-state index >= 15 is 0 Å². The number of amides is 1. The molecule has 0 aliphatic carbocycles. The molecular weight excluding hydrogens is 328 g/mol. The predicted molar refractivity (Wildman–Crippen MR) is 88.7 cm³/mol. The molecule has 0 bridgehead atoms. The largest absolute Gasteiger partial charge is 0.480 e. The van der Waals surface area contributed by atoms with Crippen molar-refractivity contribution in [3.63, 3.8) is 0 Å². The number of aliphatic carboxylic acids is 1. The van der Waals surface area contributed by atoms with E-state index in [1.54, 1.807) is 12.1 Å². The lowest BCUT2D eigenvalue weighted by molar-refractivity contribution is -0.143. The summed E-state index contributed by atoms with van der Waals surface area (Å²) in [6.45, 7) is 0.499. The van der Waals surface area contributed by atoms with Gasteiger partial charge in [-0.3, -0.25) is 9.89 Å². The van der Waals surface area contributed by atoms with E-state index in [1.165, 1.54) is 23.0 Å². The van der Waals surface area contributed by atoms with Crippen LogP contribution in [0.5, 0.6) is 0 Å². The van der Waals surface area contributed by atoms with Gasteiger partial charge in [-0.1, -0.05) is 23.9 Å². The third kappa shape index (κ3) is 3.76. The van der Waals surface area contributed by atoms with Gasteiger partial charge in [0.15, 0.2) is 5.16 Å². The van der Waals surface area contributed by atoms with E-state index in [-0.39, 0.29) is 5.91 Å². The number of thioether (sulfide) groups is 1. The highest BCUT2D eigenvalue weighted by Gasteiger charge is 2.32. The molecule has 1 saturated heterocycles. The van der Waals surface area contributed by atoms with Gasteiger partial charge in [0.25, 0.3) is 5.91 Å². The fourth-order valence-corrected chi connectivity index (χ4v) is 3.49. The minimum atomic E-state index is -0.928. The smallest absolute Gasteiger partial charge is 0.326 e. The van der Waals surface area contributed by atoms with E-state index in [0.717, 1.165) is 23.6 Å². The van der Waals surface area contributed by atoms with Crippen LogP contribution in [-0.2, 0) is 10.5 Å². The summed E-state index contributed by atoms with van der Waals surface area (Å²) >= 11 is 1.52. The van der Waals surface area contributed by atoms with Gasteiger partial charge in [-0.25, -0.2) is 9.78 Å². The number of H-pyrrole nitrogens is 1. The number of aromatic amines is 1. The maximum atomic E-state index is 12.6. The molecular formula is C16H18N4O3S. The summed E-state index contributed by atoms with van der Waals surface area (Å²) in [5.74, 6) is -0.426. The molecule has 3 rings (SSSR count). The standard InChI is InChI=1S/C16H18N4O3S/c21-14(20-8-2-1-3-13(20)15(22)23)12-6-4-11(5-7-12)9-24-16-17-10-18-19-16/h4-7,10,13H,1-3,8-9H2,(H,22,23)(H,17,18,19). The van der Waals surface area contributed by atoms with Crippen LogP contribution in [0.4, 0.5) is 0 Å². The zero-order valence-electron chi connectivity index (χ0n) is 13.0. The summed E-state index contributed by atoms with van der Waals surface area (Å²) in [4.78, 5) is 29.5. The molecule has 126 valence electrons. The first-order valence-corrected chi connectivity index (χ1v) is 8.74. The molecule has 0 radical (unpaired) electrons. The minimum absolute atomic E-state index is 0.212. The van der Waals surface area contributed by atoms with Gasteiger partial charge in [-0.2, -0.15) is 5.10 Å². The second-order valence-electron chi connectivity index (χ2n) is 5.62. The Morgan fingerprint density at radius 1 is 1.29 bits per heavy atom. The summed E-state index contributed by atoms with van der Waals surface area (Å²) in [6, 6.07) is 6.57. The van der Waals surface area contributed by atoms with Crippen LogP contribution in [0.3, 0.4) is 0 Å². The van der Waals surface area contributed by atoms with E-state index in [4.69, 9.17) is 0 Å². The van der Waals surface area contributed by atoms with Gasteiger partial charge in [-0.05, 0) is 37.0 Å². The Kier molecular flexibility index (Phi) is 5.14. The Labute approximate surface area is 143 Å². The van der Waals surface area contributed by atoms with Gasteiger partial charge in [0.05, 0.1) is 0 Å². The van der Waals surface area contributed by atoms with Crippen LogP contribution in [0.1, 0.15) is 35.2 Å². The molecule has 0 saturated carbocycles. The Morgan fingerprint density at radius 2 is 2.08 bits per heavy atom. The van der Waals surface area contributed by atoms with Crippen LogP contribution >= 0.6 is 11.8 Å². The van der Waals surface area contributed by atoms with Crippen LogP contribution in [0, 0.1) is 0 Å². The van der Waals surface area contributed by atoms with Crippen molar-refractivity contribution < 1.29 is 14.7 Å². The Hall–Kier alpha value is -2.35. The van der Waals surface area contributed by atoms with E-state index in [2.05, 4.69) is 15.2 Å². The van der Waals surface area contributed by atoms with Crippen LogP contribution < -0.4 is 0 Å². The topological polar surface area (TPSA) is 99.2 Å². The lowest BCUT2D eigenvalue weighted by Gasteiger charge is -2.33. The number of carbonyl (C=O) groups is 2. The lowest BCUT2D eigenvalue weighted by atomic mass is 10.0. The number of carboxylic acid groups (broad SMARTS) is 1. The van der Waals surface area contributed by atoms with Crippen molar-refractivity contribution in [3.05, 3.63) is 41.7 Å². The highest BCUT2D eigenvalue weighted by Crippen LogP contribution is 2.22. The van der Waals surface area contributed by atoms with Crippen molar-refractivity contribution in [2.75, 3.05) is 6.54 Å². The van der Waals surface area contributed by atoms with Crippen LogP contribution in [0.15, 0.2) is 35.7 Å². The van der Waals surface area contributed by atoms with Crippen LogP contribution in [-0.4, -0.2) is 49.7 Å². The average Bonchev–Trinajstić information content (AvgIpc) is 3.13. The second kappa shape index (κ2) is 7.48. The lowest BCUT2D eigenvalue weighted by Crippen LogP contribution is -2.47. The predicted octanol–water partition coefficient (Wildman–Crippen LogP) is 2.18. The van der Waals surface area contributed by atoms with Gasteiger partial charge in [0, 0.05) is 17.9 Å². The number of nitrogens with zero attached hydrogens (tertiary/aromatic N) is 3. The molecule has 1 fully saturated rings. The highest BCUT2D eigenvalue weighted by atomic mass is 32.2. The van der Waals surface area contributed by atoms with Crippen LogP contribution in [0.2, 0.25) is 0 Å². The van der Waals surface area contributed by atoms with Crippen molar-refractivity contribution >= 4 is 23.6 Å². The maximum absolute atomic E-state index is 12.6. The molecule has 24 heavy (non-hydrogen) atoms. The number of hydrogen-bond donors (Lipinski definition) is 2. The number of aromatic nitrogens is 3. The van der Waals surface area contributed by atoms with E-state index in [1.807, 2.05) is 12.1 Å². The number of carboxylic acids is 1. The van der Waals surface area contributed by atoms with Gasteiger partial charge in [-0.15, -0.1) is 0 Å². The number of hydrogen-bond acceptors (Lipinski definition) is 5. The molecule has 1 unspecified atom stereocenters. The summed E-state index contributed by atoms with van der Waals surface area (Å²) in [5, 5.41) is 16.6. The summed E-state index contributed by atoms with van der Waals surface area (Å²) in [6.07, 6.45) is 3.68. The third-order valence-electron chi connectivity index (χ3n) is 4.02. The molecule has 1 atom stereocenters. The quantitative estimate of drug-likeness (QED) is 0.805. The summed E-state index contributed by atoms with van der Waals surface area (Å²) < 4.78 is 0. The van der Waals surface area contributed by atoms with Crippen LogP contribution in [0.25, 0.3) is 0 Å². The number of rotatable bonds is 5. The monoisotopic (exact) mass is 346 g/mol. The van der Waals surface area contributed by atoms with Gasteiger partial charge >= 0.3 is 5.97 Å². The molecule has 2 aromatic rings. The fourth-order valence-electron chi connectivity index (χ4n) is 2.76. The van der Waals surface area contributed by atoms with Gasteiger partial charge in [0.1, 0.15) is 12.4 Å². The van der Waals surface area contributed by atoms with Gasteiger partial charge in [0.2, 0.25) is 0 Å². The van der Waals surface area contributed by atoms with E-state index < -0.39 is 12.0 Å². The van der Waals surface area contributed by atoms with Crippen molar-refractivity contribution in [3.8, 4) is 0 Å². The Morgan fingerprint density at radius 3 is 2.75 bits per heavy atom. The molecule has 0 spiro atoms. The number of likely N-dealkylation sites (tertiary alicyclic amines) is 1. The molecule has 1 aliphatic heterocycles. The second-order valence-corrected chi connectivity index (χ2v) is 6.59. The van der Waals surface area contributed by atoms with Gasteiger partial charge < -0.3 is 10.0 Å². The summed E-state index contributed by atoms with van der Waals surface area (Å²) in [7, 11) is 0. The van der Waals surface area contributed by atoms with Crippen molar-refractivity contribution in [1.82, 2.24) is 20.1 Å². The Balaban J connectivity index is 1.65. The number of benzene rings is 1. The molecule has 1 aromatic carbocycles. The highest BCUT2D eigenvalue weighted by molar-refractivity contribution is 7.98. The maximum Gasteiger partial charge on any atom is 0.326 e. The molecule has 8 heteroatoms. The van der Waals surface area contributed by atoms with Crippen molar-refractivity contribution in [2.45, 2.75) is 36.2 Å². The zero-order chi connectivity index (χ0) is 16.9. The van der Waals surface area contributed by atoms with Crippen molar-refractivity contribution in [2.24, 2.45) is 0 Å². The molecule has 2 N–H and O–H groups in total. The first-order valence-electron chi connectivity index (χ1n) is 7.76. The molecule has 1 aromatic heterocycles. The molecule has 1 aliphatic rings. The summed E-state index contributed by atoms with van der Waals surface area (Å²) in [5.41, 5.74) is 1.58. The molecule has 1 amide bonds. The SMILES string of the molecule is O=C(O)C1CCCCN1C(=O)c1ccc(CSc2ncn[nH]2)cc1. The first-order chi connectivity index (χ1) is 11.6. The number of nitrogens with one attached hydrogen (secondary N) is 1. The normalized spacial score (nSPS) is 17.7.